The molecule has 1 aromatic heterocycles. The number of halogens is 3. The van der Waals surface area contributed by atoms with Gasteiger partial charge in [0.1, 0.15) is 18.5 Å². The van der Waals surface area contributed by atoms with Gasteiger partial charge in [0, 0.05) is 32.1 Å². The zero-order valence-electron chi connectivity index (χ0n) is 24.7. The maximum atomic E-state index is 14.5. The van der Waals surface area contributed by atoms with Gasteiger partial charge in [0.15, 0.2) is 4.90 Å². The molecule has 244 valence electrons. The SMILES string of the molecule is CC(=O)NCCC1CN(S(=O)(=O)c2c(OCC(C)O)nn3c2CCCC3)c2cc(NC(=O)OC(C)(C)C(F)(F)F)ccc2O1. The van der Waals surface area contributed by atoms with Gasteiger partial charge in [-0.1, -0.05) is 0 Å². The molecule has 2 aliphatic rings. The first-order chi connectivity index (χ1) is 20.5. The number of benzene rings is 1. The highest BCUT2D eigenvalue weighted by atomic mass is 32.2. The Morgan fingerprint density at radius 3 is 2.64 bits per heavy atom. The van der Waals surface area contributed by atoms with Crippen LogP contribution in [0.4, 0.5) is 29.3 Å². The van der Waals surface area contributed by atoms with Crippen molar-refractivity contribution in [1.29, 1.82) is 0 Å². The van der Waals surface area contributed by atoms with Crippen molar-refractivity contribution in [2.75, 3.05) is 29.3 Å². The molecule has 0 spiro atoms. The van der Waals surface area contributed by atoms with Crippen LogP contribution in [0.2, 0.25) is 0 Å². The number of aliphatic hydroxyl groups is 1. The molecule has 0 radical (unpaired) electrons. The second kappa shape index (κ2) is 12.7. The van der Waals surface area contributed by atoms with Gasteiger partial charge < -0.3 is 24.6 Å². The number of aryl methyl sites for hydroxylation is 1. The lowest BCUT2D eigenvalue weighted by Gasteiger charge is -2.36. The minimum atomic E-state index is -4.83. The average Bonchev–Trinajstić information content (AvgIpc) is 3.29. The Kier molecular flexibility index (Phi) is 9.58. The molecule has 2 aliphatic heterocycles. The fourth-order valence-corrected chi connectivity index (χ4v) is 6.52. The first-order valence-electron chi connectivity index (χ1n) is 14.0. The van der Waals surface area contributed by atoms with Crippen LogP contribution in [-0.2, 0) is 32.5 Å². The number of anilines is 2. The number of rotatable bonds is 10. The van der Waals surface area contributed by atoms with E-state index < -0.39 is 40.1 Å². The van der Waals surface area contributed by atoms with Gasteiger partial charge in [-0.05, 0) is 58.2 Å². The van der Waals surface area contributed by atoms with Crippen molar-refractivity contribution in [3.63, 3.8) is 0 Å². The topological polar surface area (TPSA) is 161 Å². The van der Waals surface area contributed by atoms with Crippen LogP contribution in [0, 0.1) is 0 Å². The van der Waals surface area contributed by atoms with E-state index in [4.69, 9.17) is 9.47 Å². The van der Waals surface area contributed by atoms with E-state index in [0.29, 0.717) is 38.9 Å². The Hall–Kier alpha value is -3.73. The molecular weight excluding hydrogens is 611 g/mol. The van der Waals surface area contributed by atoms with Crippen LogP contribution >= 0.6 is 0 Å². The molecule has 4 rings (SSSR count). The molecular formula is C27H36F3N5O8S. The van der Waals surface area contributed by atoms with Crippen LogP contribution in [0.5, 0.6) is 11.6 Å². The molecule has 0 saturated carbocycles. The van der Waals surface area contributed by atoms with Crippen molar-refractivity contribution < 1.29 is 50.5 Å². The summed E-state index contributed by atoms with van der Waals surface area (Å²) in [6.07, 6.45) is -5.67. The van der Waals surface area contributed by atoms with E-state index >= 15 is 0 Å². The van der Waals surface area contributed by atoms with Crippen LogP contribution in [0.25, 0.3) is 0 Å². The first-order valence-corrected chi connectivity index (χ1v) is 15.5. The highest BCUT2D eigenvalue weighted by Gasteiger charge is 2.51. The van der Waals surface area contributed by atoms with Crippen LogP contribution < -0.4 is 24.4 Å². The monoisotopic (exact) mass is 647 g/mol. The largest absolute Gasteiger partial charge is 0.486 e. The summed E-state index contributed by atoms with van der Waals surface area (Å²) in [6, 6.07) is 3.97. The van der Waals surface area contributed by atoms with Crippen molar-refractivity contribution >= 4 is 33.4 Å². The number of amides is 2. The molecule has 2 unspecified atom stereocenters. The van der Waals surface area contributed by atoms with Gasteiger partial charge in [-0.3, -0.25) is 19.1 Å². The standard InChI is InChI=1S/C27H36F3N5O8S/c1-16(36)15-41-24-23(20-7-5-6-12-34(20)33-24)44(39,40)35-14-19(10-11-31-17(2)37)42-22-9-8-18(13-21(22)35)32-25(38)43-26(3,4)27(28,29)30/h8-9,13,16,19,36H,5-7,10-12,14-15H2,1-4H3,(H,31,37)(H,32,38). The number of fused-ring (bicyclic) bond motifs is 2. The predicted octanol–water partition coefficient (Wildman–Crippen LogP) is 3.35. The van der Waals surface area contributed by atoms with Crippen molar-refractivity contribution in [2.24, 2.45) is 0 Å². The second-order valence-corrected chi connectivity index (χ2v) is 13.0. The third-order valence-corrected chi connectivity index (χ3v) is 8.88. The van der Waals surface area contributed by atoms with E-state index in [1.807, 2.05) is 0 Å². The Morgan fingerprint density at radius 1 is 1.25 bits per heavy atom. The maximum Gasteiger partial charge on any atom is 0.427 e. The highest BCUT2D eigenvalue weighted by molar-refractivity contribution is 7.93. The number of nitrogens with one attached hydrogen (secondary N) is 2. The molecule has 0 saturated heterocycles. The van der Waals surface area contributed by atoms with Crippen LogP contribution in [-0.4, -0.2) is 79.0 Å². The Morgan fingerprint density at radius 2 is 1.98 bits per heavy atom. The number of carbonyl (C=O) groups excluding carboxylic acids is 2. The molecule has 44 heavy (non-hydrogen) atoms. The summed E-state index contributed by atoms with van der Waals surface area (Å²) in [6.45, 7) is 4.50. The molecule has 2 amide bonds. The van der Waals surface area contributed by atoms with Gasteiger partial charge in [-0.15, -0.1) is 5.10 Å². The van der Waals surface area contributed by atoms with E-state index in [-0.39, 0.29) is 59.9 Å². The maximum absolute atomic E-state index is 14.5. The highest BCUT2D eigenvalue weighted by Crippen LogP contribution is 2.42. The molecule has 2 atom stereocenters. The van der Waals surface area contributed by atoms with Gasteiger partial charge in [-0.2, -0.15) is 13.2 Å². The van der Waals surface area contributed by atoms with Crippen molar-refractivity contribution in [3.05, 3.63) is 23.9 Å². The molecule has 1 aromatic carbocycles. The molecule has 3 heterocycles. The lowest BCUT2D eigenvalue weighted by atomic mass is 10.1. The Balaban J connectivity index is 1.73. The normalized spacial score (nSPS) is 17.5. The Labute approximate surface area is 252 Å². The smallest absolute Gasteiger partial charge is 0.427 e. The Bertz CT molecular complexity index is 1490. The minimum absolute atomic E-state index is 0.00546. The number of ether oxygens (including phenoxy) is 3. The van der Waals surface area contributed by atoms with Crippen LogP contribution in [0.15, 0.2) is 23.1 Å². The number of aliphatic hydroxyl groups excluding tert-OH is 1. The molecule has 0 aliphatic carbocycles. The predicted molar refractivity (Wildman–Crippen MR) is 151 cm³/mol. The number of carbonyl (C=O) groups is 2. The van der Waals surface area contributed by atoms with E-state index in [9.17, 15) is 36.3 Å². The lowest BCUT2D eigenvalue weighted by Crippen LogP contribution is -2.45. The zero-order chi connectivity index (χ0) is 32.4. The summed E-state index contributed by atoms with van der Waals surface area (Å²) < 4.78 is 87.6. The summed E-state index contributed by atoms with van der Waals surface area (Å²) in [5.41, 5.74) is -2.39. The number of nitrogens with zero attached hydrogens (tertiary/aromatic N) is 3. The number of sulfonamides is 1. The van der Waals surface area contributed by atoms with Gasteiger partial charge in [-0.25, -0.2) is 13.2 Å². The van der Waals surface area contributed by atoms with Crippen molar-refractivity contribution in [2.45, 2.75) is 88.8 Å². The van der Waals surface area contributed by atoms with Gasteiger partial charge in [0.25, 0.3) is 15.9 Å². The fourth-order valence-electron chi connectivity index (χ4n) is 4.71. The quantitative estimate of drug-likeness (QED) is 0.351. The number of aromatic nitrogens is 2. The molecule has 17 heteroatoms. The molecule has 2 aromatic rings. The first kappa shape index (κ1) is 33.2. The van der Waals surface area contributed by atoms with E-state index in [2.05, 4.69) is 20.5 Å². The van der Waals surface area contributed by atoms with Gasteiger partial charge in [0.2, 0.25) is 11.5 Å². The van der Waals surface area contributed by atoms with E-state index in [0.717, 1.165) is 10.7 Å². The number of hydrogen-bond acceptors (Lipinski definition) is 9. The second-order valence-electron chi connectivity index (χ2n) is 11.2. The zero-order valence-corrected chi connectivity index (χ0v) is 25.5. The lowest BCUT2D eigenvalue weighted by molar-refractivity contribution is -0.242. The summed E-state index contributed by atoms with van der Waals surface area (Å²) in [5.74, 6) is -0.319. The summed E-state index contributed by atoms with van der Waals surface area (Å²) in [5, 5.41) is 19.0. The third-order valence-electron chi connectivity index (χ3n) is 7.03. The van der Waals surface area contributed by atoms with Crippen LogP contribution in [0.3, 0.4) is 0 Å². The number of hydrogen-bond donors (Lipinski definition) is 3. The summed E-state index contributed by atoms with van der Waals surface area (Å²) >= 11 is 0. The summed E-state index contributed by atoms with van der Waals surface area (Å²) in [7, 11) is -4.44. The van der Waals surface area contributed by atoms with Crippen LogP contribution in [0.1, 0.15) is 52.7 Å². The van der Waals surface area contributed by atoms with E-state index in [1.54, 1.807) is 4.68 Å². The molecule has 13 nitrogen and oxygen atoms in total. The average molecular weight is 648 g/mol. The third kappa shape index (κ3) is 7.31. The molecule has 3 N–H and O–H groups in total. The fraction of sp³-hybridized carbons (Fsp3) is 0.593. The van der Waals surface area contributed by atoms with Crippen molar-refractivity contribution in [1.82, 2.24) is 15.1 Å². The minimum Gasteiger partial charge on any atom is -0.486 e. The summed E-state index contributed by atoms with van der Waals surface area (Å²) in [4.78, 5) is 23.6. The molecule has 0 bridgehead atoms. The van der Waals surface area contributed by atoms with Gasteiger partial charge >= 0.3 is 12.3 Å². The molecule has 0 fully saturated rings. The van der Waals surface area contributed by atoms with Gasteiger partial charge in [0.05, 0.1) is 24.0 Å². The van der Waals surface area contributed by atoms with E-state index in [1.165, 1.54) is 32.0 Å². The van der Waals surface area contributed by atoms with Crippen molar-refractivity contribution in [3.8, 4) is 11.6 Å². The number of alkyl halides is 3.